The van der Waals surface area contributed by atoms with Gasteiger partial charge in [0.25, 0.3) is 0 Å². The number of thiazole rings is 1. The molecule has 4 aromatic rings. The molecule has 5 nitrogen and oxygen atoms in total. The minimum atomic E-state index is -0.287. The zero-order valence-electron chi connectivity index (χ0n) is 16.4. The van der Waals surface area contributed by atoms with Gasteiger partial charge in [0.2, 0.25) is 0 Å². The number of carbonyl (C=O) groups is 1. The molecular formula is C24H20N2O3S. The van der Waals surface area contributed by atoms with Gasteiger partial charge >= 0.3 is 5.97 Å². The van der Waals surface area contributed by atoms with Crippen molar-refractivity contribution >= 4 is 32.7 Å². The number of fused-ring (bicyclic) bond motifs is 1. The van der Waals surface area contributed by atoms with Gasteiger partial charge in [0, 0.05) is 0 Å². The fraction of sp³-hybridized carbons (Fsp3) is 0.167. The standard InChI is InChI=1S/C24H20N2O3S/c1-28-20-8-5-9-21-22(20)25-24(30-21)26-14-19(15-26)29-23(27)18-12-10-17(11-13-18)16-6-3-2-4-7-16/h2-13,19H,14-15H2,1H3. The maximum absolute atomic E-state index is 12.5. The van der Waals surface area contributed by atoms with Crippen LogP contribution in [0, 0.1) is 0 Å². The quantitative estimate of drug-likeness (QED) is 0.428. The van der Waals surface area contributed by atoms with Crippen LogP contribution in [0.15, 0.2) is 72.8 Å². The molecule has 0 unspecified atom stereocenters. The summed E-state index contributed by atoms with van der Waals surface area (Å²) in [5, 5.41) is 0.925. The molecule has 0 atom stereocenters. The lowest BCUT2D eigenvalue weighted by Crippen LogP contribution is -2.53. The molecule has 1 aromatic heterocycles. The zero-order valence-corrected chi connectivity index (χ0v) is 17.3. The molecule has 0 amide bonds. The van der Waals surface area contributed by atoms with Crippen LogP contribution >= 0.6 is 11.3 Å². The molecule has 1 aliphatic rings. The molecule has 5 rings (SSSR count). The molecular weight excluding hydrogens is 396 g/mol. The van der Waals surface area contributed by atoms with Crippen molar-refractivity contribution in [2.45, 2.75) is 6.10 Å². The van der Waals surface area contributed by atoms with E-state index in [4.69, 9.17) is 14.5 Å². The summed E-state index contributed by atoms with van der Waals surface area (Å²) in [5.41, 5.74) is 3.64. The second kappa shape index (κ2) is 7.80. The Hall–Kier alpha value is -3.38. The Labute approximate surface area is 178 Å². The molecule has 1 aliphatic heterocycles. The largest absolute Gasteiger partial charge is 0.494 e. The SMILES string of the molecule is COc1cccc2sc(N3CC(OC(=O)c4ccc(-c5ccccc5)cc4)C3)nc12. The molecule has 0 aliphatic carbocycles. The summed E-state index contributed by atoms with van der Waals surface area (Å²) in [6.07, 6.45) is -0.125. The van der Waals surface area contributed by atoms with E-state index in [2.05, 4.69) is 4.90 Å². The molecule has 150 valence electrons. The summed E-state index contributed by atoms with van der Waals surface area (Å²) in [6.45, 7) is 1.30. The van der Waals surface area contributed by atoms with Gasteiger partial charge in [-0.25, -0.2) is 9.78 Å². The molecule has 0 N–H and O–H groups in total. The van der Waals surface area contributed by atoms with Crippen LogP contribution in [0.4, 0.5) is 5.13 Å². The van der Waals surface area contributed by atoms with Crippen molar-refractivity contribution in [1.82, 2.24) is 4.98 Å². The zero-order chi connectivity index (χ0) is 20.5. The van der Waals surface area contributed by atoms with Crippen LogP contribution in [0.1, 0.15) is 10.4 Å². The topological polar surface area (TPSA) is 51.7 Å². The molecule has 2 heterocycles. The van der Waals surface area contributed by atoms with Gasteiger partial charge in [-0.05, 0) is 35.4 Å². The fourth-order valence-electron chi connectivity index (χ4n) is 3.53. The van der Waals surface area contributed by atoms with Gasteiger partial charge in [-0.3, -0.25) is 0 Å². The Morgan fingerprint density at radius 1 is 0.967 bits per heavy atom. The van der Waals surface area contributed by atoms with Crippen LogP contribution in [-0.4, -0.2) is 37.3 Å². The van der Waals surface area contributed by atoms with Crippen LogP contribution in [0.5, 0.6) is 5.75 Å². The molecule has 0 spiro atoms. The van der Waals surface area contributed by atoms with Crippen LogP contribution < -0.4 is 9.64 Å². The number of esters is 1. The first-order valence-corrected chi connectivity index (χ1v) is 10.6. The Bertz CT molecular complexity index is 1180. The summed E-state index contributed by atoms with van der Waals surface area (Å²) in [6, 6.07) is 23.5. The molecule has 1 fully saturated rings. The number of carbonyl (C=O) groups excluding carboxylic acids is 1. The van der Waals surface area contributed by atoms with Crippen molar-refractivity contribution < 1.29 is 14.3 Å². The summed E-state index contributed by atoms with van der Waals surface area (Å²) < 4.78 is 12.1. The molecule has 0 saturated carbocycles. The number of para-hydroxylation sites is 1. The van der Waals surface area contributed by atoms with Gasteiger partial charge in [-0.1, -0.05) is 59.9 Å². The first-order valence-electron chi connectivity index (χ1n) is 9.76. The Kier molecular flexibility index (Phi) is 4.85. The van der Waals surface area contributed by atoms with Gasteiger partial charge < -0.3 is 14.4 Å². The van der Waals surface area contributed by atoms with E-state index in [1.165, 1.54) is 0 Å². The van der Waals surface area contributed by atoms with E-state index in [-0.39, 0.29) is 12.1 Å². The average molecular weight is 417 g/mol. The van der Waals surface area contributed by atoms with Crippen LogP contribution in [0.3, 0.4) is 0 Å². The summed E-state index contributed by atoms with van der Waals surface area (Å²) >= 11 is 1.62. The number of rotatable bonds is 5. The van der Waals surface area contributed by atoms with Crippen molar-refractivity contribution in [3.8, 4) is 16.9 Å². The number of ether oxygens (including phenoxy) is 2. The predicted molar refractivity (Wildman–Crippen MR) is 119 cm³/mol. The third kappa shape index (κ3) is 3.50. The van der Waals surface area contributed by atoms with E-state index in [0.29, 0.717) is 18.7 Å². The molecule has 0 bridgehead atoms. The van der Waals surface area contributed by atoms with Gasteiger partial charge in [0.1, 0.15) is 17.4 Å². The molecule has 1 saturated heterocycles. The van der Waals surface area contributed by atoms with E-state index in [1.54, 1.807) is 18.4 Å². The monoisotopic (exact) mass is 416 g/mol. The fourth-order valence-corrected chi connectivity index (χ4v) is 4.53. The van der Waals surface area contributed by atoms with Crippen molar-refractivity contribution in [3.05, 3.63) is 78.4 Å². The van der Waals surface area contributed by atoms with Gasteiger partial charge in [-0.15, -0.1) is 0 Å². The number of hydrogen-bond acceptors (Lipinski definition) is 6. The van der Waals surface area contributed by atoms with E-state index in [0.717, 1.165) is 32.2 Å². The molecule has 3 aromatic carbocycles. The van der Waals surface area contributed by atoms with Crippen molar-refractivity contribution in [3.63, 3.8) is 0 Å². The second-order valence-electron chi connectivity index (χ2n) is 7.18. The number of aromatic nitrogens is 1. The van der Waals surface area contributed by atoms with Gasteiger partial charge in [-0.2, -0.15) is 0 Å². The summed E-state index contributed by atoms with van der Waals surface area (Å²) in [5.74, 6) is 0.489. The van der Waals surface area contributed by atoms with Crippen LogP contribution in [0.2, 0.25) is 0 Å². The highest BCUT2D eigenvalue weighted by Gasteiger charge is 2.32. The predicted octanol–water partition coefficient (Wildman–Crippen LogP) is 5.02. The van der Waals surface area contributed by atoms with Gasteiger partial charge in [0.05, 0.1) is 30.5 Å². The van der Waals surface area contributed by atoms with E-state index >= 15 is 0 Å². The molecule has 6 heteroatoms. The maximum Gasteiger partial charge on any atom is 0.338 e. The summed E-state index contributed by atoms with van der Waals surface area (Å²) in [4.78, 5) is 19.3. The lowest BCUT2D eigenvalue weighted by atomic mass is 10.0. The molecule has 30 heavy (non-hydrogen) atoms. The van der Waals surface area contributed by atoms with E-state index < -0.39 is 0 Å². The normalized spacial score (nSPS) is 13.8. The number of nitrogens with zero attached hydrogens (tertiary/aromatic N) is 2. The number of anilines is 1. The minimum absolute atomic E-state index is 0.125. The Morgan fingerprint density at radius 3 is 2.43 bits per heavy atom. The second-order valence-corrected chi connectivity index (χ2v) is 8.19. The average Bonchev–Trinajstić information content (AvgIpc) is 3.20. The Balaban J connectivity index is 1.21. The third-order valence-electron chi connectivity index (χ3n) is 5.21. The lowest BCUT2D eigenvalue weighted by molar-refractivity contribution is 0.0234. The highest BCUT2D eigenvalue weighted by atomic mass is 32.1. The van der Waals surface area contributed by atoms with Crippen LogP contribution in [0.25, 0.3) is 21.3 Å². The smallest absolute Gasteiger partial charge is 0.338 e. The van der Waals surface area contributed by atoms with Crippen molar-refractivity contribution in [2.24, 2.45) is 0 Å². The van der Waals surface area contributed by atoms with Crippen LogP contribution in [-0.2, 0) is 4.74 Å². The minimum Gasteiger partial charge on any atom is -0.494 e. The lowest BCUT2D eigenvalue weighted by Gasteiger charge is -2.38. The highest BCUT2D eigenvalue weighted by molar-refractivity contribution is 7.22. The number of hydrogen-bond donors (Lipinski definition) is 0. The molecule has 0 radical (unpaired) electrons. The number of benzene rings is 3. The van der Waals surface area contributed by atoms with Gasteiger partial charge in [0.15, 0.2) is 5.13 Å². The number of methoxy groups -OCH3 is 1. The van der Waals surface area contributed by atoms with Crippen molar-refractivity contribution in [1.29, 1.82) is 0 Å². The first kappa shape index (κ1) is 18.6. The Morgan fingerprint density at radius 2 is 1.70 bits per heavy atom. The third-order valence-corrected chi connectivity index (χ3v) is 6.29. The van der Waals surface area contributed by atoms with E-state index in [9.17, 15) is 4.79 Å². The maximum atomic E-state index is 12.5. The summed E-state index contributed by atoms with van der Waals surface area (Å²) in [7, 11) is 1.65. The highest BCUT2D eigenvalue weighted by Crippen LogP contribution is 2.36. The first-order chi connectivity index (χ1) is 14.7. The van der Waals surface area contributed by atoms with E-state index in [1.807, 2.05) is 72.8 Å². The van der Waals surface area contributed by atoms with Crippen molar-refractivity contribution in [2.75, 3.05) is 25.1 Å².